The molecule has 1 aromatic heterocycles. The van der Waals surface area contributed by atoms with Gasteiger partial charge in [0.2, 0.25) is 0 Å². The molecule has 0 radical (unpaired) electrons. The first kappa shape index (κ1) is 24.1. The second-order valence-electron chi connectivity index (χ2n) is 10.4. The van der Waals surface area contributed by atoms with Gasteiger partial charge in [0, 0.05) is 16.9 Å². The highest BCUT2D eigenvalue weighted by Crippen LogP contribution is 2.44. The van der Waals surface area contributed by atoms with Gasteiger partial charge in [-0.25, -0.2) is 4.98 Å². The summed E-state index contributed by atoms with van der Waals surface area (Å²) in [5, 5.41) is 6.62. The highest BCUT2D eigenvalue weighted by atomic mass is 32.1. The lowest BCUT2D eigenvalue weighted by molar-refractivity contribution is 1.29. The average Bonchev–Trinajstić information content (AvgIpc) is 3.49. The third-order valence-electron chi connectivity index (χ3n) is 8.18. The van der Waals surface area contributed by atoms with Crippen molar-refractivity contribution in [3.8, 4) is 10.6 Å². The van der Waals surface area contributed by atoms with Gasteiger partial charge in [-0.05, 0) is 57.1 Å². The van der Waals surface area contributed by atoms with E-state index in [2.05, 4.69) is 163 Å². The molecule has 2 nitrogen and oxygen atoms in total. The van der Waals surface area contributed by atoms with Crippen LogP contribution in [0.3, 0.4) is 0 Å². The van der Waals surface area contributed by atoms with Crippen molar-refractivity contribution in [2.24, 2.45) is 0 Å². The zero-order chi connectivity index (χ0) is 27.2. The normalized spacial score (nSPS) is 13.5. The van der Waals surface area contributed by atoms with E-state index in [4.69, 9.17) is 4.98 Å². The highest BCUT2D eigenvalue weighted by molar-refractivity contribution is 7.22. The Kier molecular flexibility index (Phi) is 5.69. The van der Waals surface area contributed by atoms with Gasteiger partial charge < -0.3 is 4.90 Å². The molecule has 1 aliphatic heterocycles. The molecule has 0 unspecified atom stereocenters. The minimum Gasteiger partial charge on any atom is -0.310 e. The Morgan fingerprint density at radius 2 is 0.951 bits per heavy atom. The second kappa shape index (κ2) is 9.70. The number of rotatable bonds is 4. The van der Waals surface area contributed by atoms with Crippen LogP contribution in [0.15, 0.2) is 158 Å². The average molecular weight is 559 g/mol. The molecule has 0 spiro atoms. The Morgan fingerprint density at radius 3 is 1.56 bits per heavy atom. The molecule has 0 bridgehead atoms. The largest absolute Gasteiger partial charge is 0.310 e. The Hall–Kier alpha value is -4.77. The summed E-state index contributed by atoms with van der Waals surface area (Å²) in [4.78, 5) is 7.55. The summed E-state index contributed by atoms with van der Waals surface area (Å²) >= 11 is 1.76. The third kappa shape index (κ3) is 3.65. The van der Waals surface area contributed by atoms with Crippen molar-refractivity contribution < 1.29 is 0 Å². The lowest BCUT2D eigenvalue weighted by atomic mass is 10.1. The first-order valence-electron chi connectivity index (χ1n) is 13.9. The standard InChI is InChI=1S/C37H26N2SSi/c1-3-15-27(16-4-1)41(28-17-5-2-6-18-28)35-25-13-10-22-32(35)39(33-23-11-14-26-36(33)41)31-21-9-7-19-29(31)37-38-30-20-8-12-24-34(30)40-37/h1-26H. The van der Waals surface area contributed by atoms with Gasteiger partial charge in [-0.1, -0.05) is 121 Å². The summed E-state index contributed by atoms with van der Waals surface area (Å²) < 4.78 is 1.20. The smallest absolute Gasteiger partial charge is 0.184 e. The number of hydrogen-bond donors (Lipinski definition) is 0. The SMILES string of the molecule is c1ccc([Si]2(c3ccccc3)c3ccccc3N(c3ccccc3-c3nc4ccccc4s3)c3ccccc32)cc1. The summed E-state index contributed by atoms with van der Waals surface area (Å²) in [6, 6.07) is 57.5. The number of nitrogens with zero attached hydrogens (tertiary/aromatic N) is 2. The van der Waals surface area contributed by atoms with Gasteiger partial charge in [0.1, 0.15) is 5.01 Å². The molecule has 0 saturated carbocycles. The van der Waals surface area contributed by atoms with Gasteiger partial charge in [-0.2, -0.15) is 0 Å². The van der Waals surface area contributed by atoms with Crippen molar-refractivity contribution in [1.82, 2.24) is 4.98 Å². The van der Waals surface area contributed by atoms with Crippen molar-refractivity contribution in [1.29, 1.82) is 0 Å². The highest BCUT2D eigenvalue weighted by Gasteiger charge is 2.48. The van der Waals surface area contributed by atoms with Crippen LogP contribution >= 0.6 is 11.3 Å². The third-order valence-corrected chi connectivity index (χ3v) is 14.1. The predicted molar refractivity (Wildman–Crippen MR) is 177 cm³/mol. The van der Waals surface area contributed by atoms with Gasteiger partial charge in [0.15, 0.2) is 8.07 Å². The van der Waals surface area contributed by atoms with E-state index in [9.17, 15) is 0 Å². The molecule has 0 fully saturated rings. The maximum Gasteiger partial charge on any atom is 0.184 e. The molecule has 41 heavy (non-hydrogen) atoms. The van der Waals surface area contributed by atoms with Crippen LogP contribution in [-0.4, -0.2) is 13.1 Å². The lowest BCUT2D eigenvalue weighted by Crippen LogP contribution is -2.77. The second-order valence-corrected chi connectivity index (χ2v) is 15.1. The summed E-state index contributed by atoms with van der Waals surface area (Å²) in [6.45, 7) is 0. The lowest BCUT2D eigenvalue weighted by Gasteiger charge is -2.45. The van der Waals surface area contributed by atoms with E-state index < -0.39 is 8.07 Å². The zero-order valence-electron chi connectivity index (χ0n) is 22.3. The van der Waals surface area contributed by atoms with Crippen LogP contribution in [0, 0.1) is 0 Å². The molecule has 6 aromatic carbocycles. The molecule has 8 rings (SSSR count). The monoisotopic (exact) mass is 558 g/mol. The van der Waals surface area contributed by atoms with Gasteiger partial charge in [0.05, 0.1) is 15.9 Å². The van der Waals surface area contributed by atoms with E-state index in [1.165, 1.54) is 36.8 Å². The molecule has 1 aliphatic rings. The van der Waals surface area contributed by atoms with Crippen molar-refractivity contribution in [2.45, 2.75) is 0 Å². The summed E-state index contributed by atoms with van der Waals surface area (Å²) in [5.74, 6) is 0. The first-order valence-corrected chi connectivity index (χ1v) is 16.7. The van der Waals surface area contributed by atoms with Crippen molar-refractivity contribution >= 4 is 67.4 Å². The number of benzene rings is 6. The van der Waals surface area contributed by atoms with Crippen LogP contribution < -0.4 is 25.6 Å². The van der Waals surface area contributed by atoms with E-state index >= 15 is 0 Å². The number of anilines is 3. The molecule has 0 atom stereocenters. The molecule has 0 N–H and O–H groups in total. The number of hydrogen-bond acceptors (Lipinski definition) is 3. The van der Waals surface area contributed by atoms with Crippen LogP contribution in [0.5, 0.6) is 0 Å². The van der Waals surface area contributed by atoms with Crippen LogP contribution in [0.25, 0.3) is 20.8 Å². The molecule has 0 saturated heterocycles. The molecular formula is C37H26N2SSi. The Labute approximate surface area is 244 Å². The quantitative estimate of drug-likeness (QED) is 0.214. The Morgan fingerprint density at radius 1 is 0.463 bits per heavy atom. The molecule has 194 valence electrons. The Balaban J connectivity index is 1.45. The number of para-hydroxylation sites is 4. The van der Waals surface area contributed by atoms with Crippen LogP contribution in [0.4, 0.5) is 17.1 Å². The van der Waals surface area contributed by atoms with Gasteiger partial charge >= 0.3 is 0 Å². The molecule has 7 aromatic rings. The predicted octanol–water partition coefficient (Wildman–Crippen LogP) is 7.12. The van der Waals surface area contributed by atoms with Crippen molar-refractivity contribution in [3.05, 3.63) is 158 Å². The molecule has 0 amide bonds. The summed E-state index contributed by atoms with van der Waals surface area (Å²) in [7, 11) is -2.63. The fraction of sp³-hybridized carbons (Fsp3) is 0. The molecule has 0 aliphatic carbocycles. The number of fused-ring (bicyclic) bond motifs is 3. The fourth-order valence-electron chi connectivity index (χ4n) is 6.51. The van der Waals surface area contributed by atoms with Crippen LogP contribution in [-0.2, 0) is 0 Å². The van der Waals surface area contributed by atoms with E-state index in [0.717, 1.165) is 21.8 Å². The van der Waals surface area contributed by atoms with Crippen LogP contribution in [0.2, 0.25) is 0 Å². The summed E-state index contributed by atoms with van der Waals surface area (Å²) in [5.41, 5.74) is 5.81. The maximum atomic E-state index is 5.07. The minimum absolute atomic E-state index is 1.04. The molecule has 4 heteroatoms. The van der Waals surface area contributed by atoms with E-state index in [-0.39, 0.29) is 0 Å². The minimum atomic E-state index is -2.63. The van der Waals surface area contributed by atoms with E-state index in [1.807, 2.05) is 0 Å². The first-order chi connectivity index (χ1) is 20.4. The number of thiazole rings is 1. The number of aromatic nitrogens is 1. The molecular weight excluding hydrogens is 533 g/mol. The van der Waals surface area contributed by atoms with Gasteiger partial charge in [0.25, 0.3) is 0 Å². The summed E-state index contributed by atoms with van der Waals surface area (Å²) in [6.07, 6.45) is 0. The van der Waals surface area contributed by atoms with Crippen molar-refractivity contribution in [2.75, 3.05) is 4.90 Å². The molecule has 2 heterocycles. The Bertz CT molecular complexity index is 1890. The van der Waals surface area contributed by atoms with E-state index in [0.29, 0.717) is 0 Å². The fourth-order valence-corrected chi connectivity index (χ4v) is 12.6. The van der Waals surface area contributed by atoms with Crippen LogP contribution in [0.1, 0.15) is 0 Å². The topological polar surface area (TPSA) is 16.1 Å². The van der Waals surface area contributed by atoms with Crippen molar-refractivity contribution in [3.63, 3.8) is 0 Å². The van der Waals surface area contributed by atoms with E-state index in [1.54, 1.807) is 11.3 Å². The zero-order valence-corrected chi connectivity index (χ0v) is 24.1. The van der Waals surface area contributed by atoms with Gasteiger partial charge in [-0.3, -0.25) is 0 Å². The van der Waals surface area contributed by atoms with Gasteiger partial charge in [-0.15, -0.1) is 11.3 Å². The maximum absolute atomic E-state index is 5.07.